The lowest BCUT2D eigenvalue weighted by molar-refractivity contribution is -0.192. The van der Waals surface area contributed by atoms with Gasteiger partial charge in [0.25, 0.3) is 0 Å². The number of alkyl halides is 3. The first-order valence-electron chi connectivity index (χ1n) is 7.92. The molecule has 0 bridgehead atoms. The van der Waals surface area contributed by atoms with Gasteiger partial charge < -0.3 is 26.2 Å². The second-order valence-corrected chi connectivity index (χ2v) is 6.51. The zero-order valence-corrected chi connectivity index (χ0v) is 16.1. The Morgan fingerprint density at radius 1 is 1.21 bits per heavy atom. The van der Waals surface area contributed by atoms with Crippen molar-refractivity contribution in [1.82, 2.24) is 10.6 Å². The summed E-state index contributed by atoms with van der Waals surface area (Å²) in [6.45, 7) is 8.92. The Morgan fingerprint density at radius 2 is 1.68 bits per heavy atom. The number of nitrogens with one attached hydrogen (secondary N) is 2. The number of carboxylic acids is 1. The minimum absolute atomic E-state index is 0.0387. The number of halogens is 3. The van der Waals surface area contributed by atoms with Gasteiger partial charge in [-0.25, -0.2) is 4.79 Å². The Kier molecular flexibility index (Phi) is 11.8. The Morgan fingerprint density at radius 3 is 2.00 bits per heavy atom. The lowest BCUT2D eigenvalue weighted by Crippen LogP contribution is -2.54. The van der Waals surface area contributed by atoms with Gasteiger partial charge >= 0.3 is 18.1 Å². The van der Waals surface area contributed by atoms with Crippen molar-refractivity contribution in [2.75, 3.05) is 13.7 Å². The molecule has 0 aromatic heterocycles. The summed E-state index contributed by atoms with van der Waals surface area (Å²) in [7, 11) is 1.49. The lowest BCUT2D eigenvalue weighted by Gasteiger charge is -2.30. The number of carboxylic acid groups (broad SMARTS) is 1. The Hall–Kier alpha value is -2.63. The fourth-order valence-corrected chi connectivity index (χ4v) is 1.57. The summed E-state index contributed by atoms with van der Waals surface area (Å²) < 4.78 is 36.5. The van der Waals surface area contributed by atoms with Crippen molar-refractivity contribution in [1.29, 1.82) is 0 Å². The molecular weight excluding hydrogens is 387 g/mol. The molecule has 28 heavy (non-hydrogen) atoms. The summed E-state index contributed by atoms with van der Waals surface area (Å²) in [6.07, 6.45) is -3.93. The number of carbonyl (C=O) groups excluding carboxylic acids is 3. The number of esters is 1. The first-order chi connectivity index (χ1) is 12.6. The van der Waals surface area contributed by atoms with Gasteiger partial charge in [0.05, 0.1) is 6.42 Å². The van der Waals surface area contributed by atoms with E-state index in [9.17, 15) is 27.6 Å². The molecule has 0 radical (unpaired) electrons. The number of hydrogen-bond acceptors (Lipinski definition) is 6. The third-order valence-corrected chi connectivity index (χ3v) is 2.97. The number of rotatable bonds is 7. The fourth-order valence-electron chi connectivity index (χ4n) is 1.57. The largest absolute Gasteiger partial charge is 0.490 e. The van der Waals surface area contributed by atoms with Crippen LogP contribution in [0.4, 0.5) is 13.2 Å². The molecule has 12 heteroatoms. The molecule has 0 rings (SSSR count). The highest BCUT2D eigenvalue weighted by atomic mass is 19.4. The zero-order chi connectivity index (χ0) is 22.7. The van der Waals surface area contributed by atoms with Crippen LogP contribution in [-0.4, -0.2) is 60.8 Å². The molecule has 0 heterocycles. The quantitative estimate of drug-likeness (QED) is 0.347. The maximum Gasteiger partial charge on any atom is 0.490 e. The Labute approximate surface area is 160 Å². The molecule has 0 saturated carbocycles. The van der Waals surface area contributed by atoms with Crippen LogP contribution in [0, 0.1) is 5.41 Å². The first kappa shape index (κ1) is 27.6. The normalized spacial score (nSPS) is 13.1. The van der Waals surface area contributed by atoms with Crippen LogP contribution in [-0.2, 0) is 23.9 Å². The molecule has 162 valence electrons. The number of carbonyl (C=O) groups is 4. The monoisotopic (exact) mass is 413 g/mol. The fraction of sp³-hybridized carbons (Fsp3) is 0.625. The minimum atomic E-state index is -5.08. The molecule has 9 nitrogen and oxygen atoms in total. The molecular formula is C16H26F3N3O6. The molecule has 0 aliphatic rings. The molecule has 2 atom stereocenters. The van der Waals surface area contributed by atoms with Gasteiger partial charge in [-0.2, -0.15) is 13.2 Å². The number of ether oxygens (including phenoxy) is 1. The van der Waals surface area contributed by atoms with E-state index in [-0.39, 0.29) is 18.9 Å². The van der Waals surface area contributed by atoms with E-state index in [2.05, 4.69) is 17.2 Å². The molecule has 0 fully saturated rings. The van der Waals surface area contributed by atoms with Gasteiger partial charge in [0.2, 0.25) is 11.8 Å². The van der Waals surface area contributed by atoms with E-state index in [0.29, 0.717) is 0 Å². The van der Waals surface area contributed by atoms with Crippen LogP contribution in [0.15, 0.2) is 12.7 Å². The van der Waals surface area contributed by atoms with Gasteiger partial charge in [-0.1, -0.05) is 33.4 Å². The highest BCUT2D eigenvalue weighted by molar-refractivity contribution is 5.90. The average molecular weight is 413 g/mol. The van der Waals surface area contributed by atoms with E-state index >= 15 is 0 Å². The molecule has 2 amide bonds. The van der Waals surface area contributed by atoms with Crippen LogP contribution in [0.2, 0.25) is 0 Å². The van der Waals surface area contributed by atoms with Gasteiger partial charge in [0, 0.05) is 7.05 Å². The van der Waals surface area contributed by atoms with Gasteiger partial charge in [0.1, 0.15) is 18.7 Å². The van der Waals surface area contributed by atoms with Crippen LogP contribution in [0.25, 0.3) is 0 Å². The standard InChI is InChI=1S/C14H25N3O4.C2HF3O2/c1-6-7-21-13(20)9(15)8-10(18)17-11(12(19)16-5)14(2,3)4;3-2(4,5)1(6)7/h6,9,11H,1,7-8,15H2,2-5H3,(H,16,19)(H,17,18);(H,6,7)/t9-,11?;/m1./s1. The summed E-state index contributed by atoms with van der Waals surface area (Å²) in [5.74, 6) is -4.23. The number of likely N-dealkylation sites (N-methyl/N-ethyl adjacent to an activating group) is 1. The first-order valence-corrected chi connectivity index (χ1v) is 7.92. The molecule has 1 unspecified atom stereocenters. The van der Waals surface area contributed by atoms with Gasteiger partial charge in [-0.05, 0) is 5.41 Å². The van der Waals surface area contributed by atoms with E-state index in [0.717, 1.165) is 0 Å². The summed E-state index contributed by atoms with van der Waals surface area (Å²) >= 11 is 0. The van der Waals surface area contributed by atoms with Crippen molar-refractivity contribution in [3.8, 4) is 0 Å². The van der Waals surface area contributed by atoms with E-state index in [1.54, 1.807) is 0 Å². The lowest BCUT2D eigenvalue weighted by atomic mass is 9.86. The topological polar surface area (TPSA) is 148 Å². The van der Waals surface area contributed by atoms with Crippen LogP contribution in [0.3, 0.4) is 0 Å². The zero-order valence-electron chi connectivity index (χ0n) is 16.1. The smallest absolute Gasteiger partial charge is 0.475 e. The van der Waals surface area contributed by atoms with E-state index < -0.39 is 41.5 Å². The van der Waals surface area contributed by atoms with Gasteiger partial charge in [-0.15, -0.1) is 0 Å². The van der Waals surface area contributed by atoms with Crippen molar-refractivity contribution in [3.63, 3.8) is 0 Å². The number of aliphatic carboxylic acids is 1. The molecule has 0 aromatic carbocycles. The van der Waals surface area contributed by atoms with Gasteiger partial charge in [-0.3, -0.25) is 14.4 Å². The third kappa shape index (κ3) is 11.9. The number of amides is 2. The van der Waals surface area contributed by atoms with Crippen molar-refractivity contribution >= 4 is 23.8 Å². The van der Waals surface area contributed by atoms with Crippen LogP contribution < -0.4 is 16.4 Å². The van der Waals surface area contributed by atoms with Crippen molar-refractivity contribution in [3.05, 3.63) is 12.7 Å². The van der Waals surface area contributed by atoms with Crippen LogP contribution in [0.5, 0.6) is 0 Å². The second kappa shape index (κ2) is 12.0. The van der Waals surface area contributed by atoms with Crippen molar-refractivity contribution < 1.29 is 42.2 Å². The second-order valence-electron chi connectivity index (χ2n) is 6.51. The molecule has 0 spiro atoms. The number of nitrogens with two attached hydrogens (primary N) is 1. The summed E-state index contributed by atoms with van der Waals surface area (Å²) in [6, 6.07) is -1.79. The van der Waals surface area contributed by atoms with E-state index in [4.69, 9.17) is 20.4 Å². The maximum atomic E-state index is 11.9. The molecule has 0 aliphatic carbocycles. The molecule has 5 N–H and O–H groups in total. The van der Waals surface area contributed by atoms with E-state index in [1.807, 2.05) is 20.8 Å². The summed E-state index contributed by atoms with van der Waals surface area (Å²) in [4.78, 5) is 44.1. The third-order valence-electron chi connectivity index (χ3n) is 2.97. The summed E-state index contributed by atoms with van der Waals surface area (Å²) in [5, 5.41) is 12.2. The average Bonchev–Trinajstić information content (AvgIpc) is 2.55. The predicted molar refractivity (Wildman–Crippen MR) is 92.9 cm³/mol. The highest BCUT2D eigenvalue weighted by Crippen LogP contribution is 2.19. The maximum absolute atomic E-state index is 11.9. The molecule has 0 aromatic rings. The number of hydrogen-bond donors (Lipinski definition) is 4. The minimum Gasteiger partial charge on any atom is -0.475 e. The molecule has 0 aliphatic heterocycles. The predicted octanol–water partition coefficient (Wildman–Crippen LogP) is 0.343. The van der Waals surface area contributed by atoms with Crippen LogP contribution >= 0.6 is 0 Å². The highest BCUT2D eigenvalue weighted by Gasteiger charge is 2.38. The van der Waals surface area contributed by atoms with E-state index in [1.165, 1.54) is 13.1 Å². The van der Waals surface area contributed by atoms with Crippen molar-refractivity contribution in [2.24, 2.45) is 11.1 Å². The Balaban J connectivity index is 0. The van der Waals surface area contributed by atoms with Crippen LogP contribution in [0.1, 0.15) is 27.2 Å². The summed E-state index contributed by atoms with van der Waals surface area (Å²) in [5.41, 5.74) is 5.11. The molecule has 0 saturated heterocycles. The van der Waals surface area contributed by atoms with Gasteiger partial charge in [0.15, 0.2) is 0 Å². The SMILES string of the molecule is C=CCOC(=O)[C@H](N)CC(=O)NC(C(=O)NC)C(C)(C)C.O=C(O)C(F)(F)F. The Bertz CT molecular complexity index is 573. The van der Waals surface area contributed by atoms with Crippen molar-refractivity contribution in [2.45, 2.75) is 45.5 Å².